The molecule has 0 saturated heterocycles. The average Bonchev–Trinajstić information content (AvgIpc) is 3.50. The van der Waals surface area contributed by atoms with E-state index in [1.807, 2.05) is 41.8 Å². The molecule has 4 aromatic carbocycles. The Morgan fingerprint density at radius 1 is 0.731 bits per heavy atom. The van der Waals surface area contributed by atoms with Crippen molar-refractivity contribution in [3.05, 3.63) is 139 Å². The van der Waals surface area contributed by atoms with Crippen LogP contribution >= 0.6 is 11.3 Å². The molecule has 0 aliphatic carbocycles. The predicted molar refractivity (Wildman–Crippen MR) is 225 cm³/mol. The van der Waals surface area contributed by atoms with Crippen molar-refractivity contribution in [2.45, 2.75) is 79.4 Å². The molecule has 3 heterocycles. The van der Waals surface area contributed by atoms with Crippen LogP contribution in [-0.4, -0.2) is 18.0 Å². The van der Waals surface area contributed by atoms with Crippen LogP contribution in [0.4, 0.5) is 0 Å². The molecule has 0 aliphatic rings. The van der Waals surface area contributed by atoms with E-state index in [9.17, 15) is 0 Å². The first-order valence-electron chi connectivity index (χ1n) is 18.3. The molecule has 7 aromatic rings. The van der Waals surface area contributed by atoms with Gasteiger partial charge >= 0.3 is 0 Å². The summed E-state index contributed by atoms with van der Waals surface area (Å²) in [6.07, 6.45) is 7.47. The van der Waals surface area contributed by atoms with Crippen LogP contribution in [0.5, 0.6) is 0 Å². The van der Waals surface area contributed by atoms with Gasteiger partial charge in [0.1, 0.15) is 0 Å². The van der Waals surface area contributed by atoms with E-state index >= 15 is 0 Å². The zero-order valence-electron chi connectivity index (χ0n) is 31.8. The van der Waals surface area contributed by atoms with Gasteiger partial charge in [-0.15, -0.1) is 59.7 Å². The molecule has 0 fully saturated rings. The first-order chi connectivity index (χ1) is 24.4. The van der Waals surface area contributed by atoms with E-state index in [1.165, 1.54) is 47.6 Å². The largest absolute Gasteiger partial charge is 0.305 e. The van der Waals surface area contributed by atoms with E-state index in [2.05, 4.69) is 151 Å². The standard InChI is InChI=1S/C28H24NS.C19H26NSi.Ir/c1-3-19(4-2)22-15-16-29-26(17-22)25-12-8-11-24-23-14-13-21(18-27(23)30-28(24)25)20-9-6-5-7-10-20;1-19(2,3)13-16-12-17(15-10-8-7-9-11-15)20-14-18(16)21(4,5)6;/h5-11,13-19H,3-4H2,1-2H3;7-10,12,14H,13H2,1-6H3;/q2*-1;. The molecule has 0 saturated carbocycles. The number of nitrogens with zero attached hydrogens (tertiary/aromatic N) is 2. The van der Waals surface area contributed by atoms with Gasteiger partial charge in [0.05, 0.1) is 8.07 Å². The summed E-state index contributed by atoms with van der Waals surface area (Å²) in [5, 5.41) is 4.08. The molecule has 7 rings (SSSR count). The van der Waals surface area contributed by atoms with Crippen molar-refractivity contribution in [3.8, 4) is 33.6 Å². The molecule has 0 N–H and O–H groups in total. The van der Waals surface area contributed by atoms with Crippen LogP contribution < -0.4 is 5.19 Å². The maximum absolute atomic E-state index is 4.72. The summed E-state index contributed by atoms with van der Waals surface area (Å²) in [6.45, 7) is 18.6. The maximum atomic E-state index is 4.72. The van der Waals surface area contributed by atoms with Crippen molar-refractivity contribution < 1.29 is 20.1 Å². The molecule has 0 spiro atoms. The van der Waals surface area contributed by atoms with Crippen molar-refractivity contribution in [2.75, 3.05) is 0 Å². The van der Waals surface area contributed by atoms with Gasteiger partial charge in [0.25, 0.3) is 0 Å². The SMILES string of the molecule is CC(C)(C)Cc1cc(-c2[c-]cccc2)ncc1[Si](C)(C)C.CCC(CC)c1ccnc(-c2[c-]ccc3c2sc2cc(-c4ccccc4)ccc23)c1.[Ir]. The molecular weight excluding hydrogens is 845 g/mol. The number of hydrogen-bond donors (Lipinski definition) is 0. The Morgan fingerprint density at radius 2 is 1.48 bits per heavy atom. The minimum atomic E-state index is -1.37. The molecule has 3 aromatic heterocycles. The Hall–Kier alpha value is -3.73. The second-order valence-corrected chi connectivity index (χ2v) is 21.8. The first kappa shape index (κ1) is 39.5. The quantitative estimate of drug-likeness (QED) is 0.112. The minimum Gasteiger partial charge on any atom is -0.305 e. The fourth-order valence-electron chi connectivity index (χ4n) is 6.93. The van der Waals surface area contributed by atoms with Crippen molar-refractivity contribution in [1.29, 1.82) is 0 Å². The molecule has 2 nitrogen and oxygen atoms in total. The zero-order chi connectivity index (χ0) is 36.2. The van der Waals surface area contributed by atoms with Crippen molar-refractivity contribution >= 4 is 44.8 Å². The third-order valence-electron chi connectivity index (χ3n) is 9.54. The number of rotatable bonds is 8. The zero-order valence-corrected chi connectivity index (χ0v) is 36.0. The van der Waals surface area contributed by atoms with Crippen LogP contribution in [0.1, 0.15) is 64.5 Å². The van der Waals surface area contributed by atoms with E-state index in [1.54, 1.807) is 0 Å². The van der Waals surface area contributed by atoms with Gasteiger partial charge < -0.3 is 9.97 Å². The van der Waals surface area contributed by atoms with Crippen molar-refractivity contribution in [1.82, 2.24) is 9.97 Å². The summed E-state index contributed by atoms with van der Waals surface area (Å²) >= 11 is 1.85. The Bertz CT molecular complexity index is 2230. The van der Waals surface area contributed by atoms with Crippen molar-refractivity contribution in [3.63, 3.8) is 0 Å². The summed E-state index contributed by atoms with van der Waals surface area (Å²) in [4.78, 5) is 9.43. The molecule has 269 valence electrons. The van der Waals surface area contributed by atoms with Crippen LogP contribution in [0, 0.1) is 17.5 Å². The summed E-state index contributed by atoms with van der Waals surface area (Å²) in [6, 6.07) is 43.2. The number of aromatic nitrogens is 2. The fraction of sp³-hybridized carbons (Fsp3) is 0.277. The average molecular weight is 895 g/mol. The van der Waals surface area contributed by atoms with Gasteiger partial charge in [-0.3, -0.25) is 0 Å². The second kappa shape index (κ2) is 16.9. The summed E-state index contributed by atoms with van der Waals surface area (Å²) in [7, 11) is -1.37. The van der Waals surface area contributed by atoms with Gasteiger partial charge in [0.15, 0.2) is 0 Å². The Labute approximate surface area is 330 Å². The normalized spacial score (nSPS) is 11.7. The Morgan fingerprint density at radius 3 is 2.15 bits per heavy atom. The molecule has 52 heavy (non-hydrogen) atoms. The summed E-state index contributed by atoms with van der Waals surface area (Å²) < 4.78 is 2.58. The van der Waals surface area contributed by atoms with Gasteiger partial charge in [-0.1, -0.05) is 125 Å². The molecule has 5 heteroatoms. The summed E-state index contributed by atoms with van der Waals surface area (Å²) in [5.74, 6) is 0.585. The van der Waals surface area contributed by atoms with Crippen LogP contribution in [0.25, 0.3) is 53.8 Å². The van der Waals surface area contributed by atoms with Crippen LogP contribution in [-0.2, 0) is 26.5 Å². The third-order valence-corrected chi connectivity index (χ3v) is 12.8. The molecular formula is C47H50IrN2SSi-2. The molecule has 0 aliphatic heterocycles. The van der Waals surface area contributed by atoms with Gasteiger partial charge in [-0.05, 0) is 80.5 Å². The van der Waals surface area contributed by atoms with Gasteiger partial charge in [-0.25, -0.2) is 0 Å². The number of hydrogen-bond acceptors (Lipinski definition) is 3. The fourth-order valence-corrected chi connectivity index (χ4v) is 9.75. The Balaban J connectivity index is 0.000000210. The number of benzene rings is 4. The molecule has 0 atom stereocenters. The van der Waals surface area contributed by atoms with E-state index in [0.29, 0.717) is 5.92 Å². The molecule has 0 bridgehead atoms. The number of pyridine rings is 2. The van der Waals surface area contributed by atoms with E-state index in [0.717, 1.165) is 41.8 Å². The van der Waals surface area contributed by atoms with E-state index in [-0.39, 0.29) is 25.5 Å². The van der Waals surface area contributed by atoms with E-state index in [4.69, 9.17) is 9.97 Å². The Kier molecular flexibility index (Phi) is 12.9. The van der Waals surface area contributed by atoms with Gasteiger partial charge in [0.2, 0.25) is 0 Å². The smallest absolute Gasteiger partial charge is 0.0798 e. The number of thiophene rings is 1. The molecule has 1 radical (unpaired) electrons. The summed E-state index contributed by atoms with van der Waals surface area (Å²) in [5.41, 5.74) is 9.89. The minimum absolute atomic E-state index is 0. The van der Waals surface area contributed by atoms with Crippen LogP contribution in [0.2, 0.25) is 19.6 Å². The molecule has 0 amide bonds. The van der Waals surface area contributed by atoms with Crippen LogP contribution in [0.15, 0.2) is 116 Å². The monoisotopic (exact) mass is 895 g/mol. The topological polar surface area (TPSA) is 25.8 Å². The first-order valence-corrected chi connectivity index (χ1v) is 22.6. The maximum Gasteiger partial charge on any atom is 0.0798 e. The number of fused-ring (bicyclic) bond motifs is 3. The molecule has 0 unspecified atom stereocenters. The van der Waals surface area contributed by atoms with E-state index < -0.39 is 8.07 Å². The van der Waals surface area contributed by atoms with Gasteiger partial charge in [0, 0.05) is 37.2 Å². The van der Waals surface area contributed by atoms with Crippen LogP contribution in [0.3, 0.4) is 0 Å². The predicted octanol–water partition coefficient (Wildman–Crippen LogP) is 13.2. The third kappa shape index (κ3) is 9.24. The van der Waals surface area contributed by atoms with Crippen molar-refractivity contribution in [2.24, 2.45) is 5.41 Å². The van der Waals surface area contributed by atoms with Gasteiger partial charge in [-0.2, -0.15) is 11.3 Å². The second-order valence-electron chi connectivity index (χ2n) is 15.8.